The van der Waals surface area contributed by atoms with E-state index in [9.17, 15) is 0 Å². The number of rotatable bonds is 0. The number of fused-ring (bicyclic) bond motifs is 1. The molecule has 1 aliphatic rings. The molecule has 0 spiro atoms. The van der Waals surface area contributed by atoms with Crippen molar-refractivity contribution in [1.29, 1.82) is 0 Å². The van der Waals surface area contributed by atoms with Crippen molar-refractivity contribution in [3.8, 4) is 0 Å². The summed E-state index contributed by atoms with van der Waals surface area (Å²) in [6, 6.07) is 3.93. The van der Waals surface area contributed by atoms with Crippen molar-refractivity contribution in [3.63, 3.8) is 0 Å². The van der Waals surface area contributed by atoms with Crippen molar-refractivity contribution >= 4 is 23.4 Å². The van der Waals surface area contributed by atoms with Crippen molar-refractivity contribution in [2.45, 2.75) is 13.0 Å². The van der Waals surface area contributed by atoms with E-state index in [2.05, 4.69) is 11.1 Å². The second-order valence-electron chi connectivity index (χ2n) is 2.97. The van der Waals surface area contributed by atoms with Crippen LogP contribution in [0.2, 0.25) is 5.02 Å². The standard InChI is InChI=1S/C9H9ClN2/c1-5-2-6-3-8(11)7(10)4-9(6)12-5/h2-5H,11H2,1H3. The molecule has 3 heteroatoms. The highest BCUT2D eigenvalue weighted by molar-refractivity contribution is 6.33. The van der Waals surface area contributed by atoms with Gasteiger partial charge >= 0.3 is 0 Å². The average molecular weight is 181 g/mol. The smallest absolute Gasteiger partial charge is 0.0668 e. The highest BCUT2D eigenvalue weighted by atomic mass is 35.5. The first-order valence-electron chi connectivity index (χ1n) is 3.81. The van der Waals surface area contributed by atoms with E-state index in [-0.39, 0.29) is 6.04 Å². The van der Waals surface area contributed by atoms with Gasteiger partial charge in [-0.2, -0.15) is 0 Å². The van der Waals surface area contributed by atoms with Crippen molar-refractivity contribution in [3.05, 3.63) is 27.7 Å². The molecule has 0 saturated heterocycles. The van der Waals surface area contributed by atoms with Gasteiger partial charge in [0.05, 0.1) is 22.1 Å². The van der Waals surface area contributed by atoms with Gasteiger partial charge in [-0.15, -0.1) is 0 Å². The number of anilines is 1. The number of nitrogens with zero attached hydrogens (tertiary/aromatic N) is 1. The number of halogens is 1. The molecule has 0 aromatic heterocycles. The molecule has 1 aromatic carbocycles. The molecule has 1 heterocycles. The van der Waals surface area contributed by atoms with E-state index in [1.807, 2.05) is 19.1 Å². The maximum atomic E-state index is 5.84. The molecule has 2 N–H and O–H groups in total. The van der Waals surface area contributed by atoms with Gasteiger partial charge in [0, 0.05) is 0 Å². The highest BCUT2D eigenvalue weighted by Crippen LogP contribution is 2.13. The summed E-state index contributed by atoms with van der Waals surface area (Å²) in [7, 11) is 0. The van der Waals surface area contributed by atoms with Crippen LogP contribution in [0.25, 0.3) is 6.08 Å². The first-order valence-corrected chi connectivity index (χ1v) is 4.19. The molecule has 0 amide bonds. The molecule has 1 aromatic rings. The van der Waals surface area contributed by atoms with Crippen LogP contribution in [0, 0.1) is 0 Å². The number of nitrogen functional groups attached to an aromatic ring is 1. The van der Waals surface area contributed by atoms with Gasteiger partial charge in [0.25, 0.3) is 0 Å². The van der Waals surface area contributed by atoms with Crippen LogP contribution < -0.4 is 16.3 Å². The van der Waals surface area contributed by atoms with Crippen molar-refractivity contribution in [2.24, 2.45) is 4.99 Å². The molecule has 2 nitrogen and oxygen atoms in total. The first-order chi connectivity index (χ1) is 5.66. The monoisotopic (exact) mass is 180 g/mol. The maximum Gasteiger partial charge on any atom is 0.0668 e. The van der Waals surface area contributed by atoms with Crippen LogP contribution in [0.4, 0.5) is 5.69 Å². The Labute approximate surface area is 75.4 Å². The third-order valence-electron chi connectivity index (χ3n) is 1.91. The molecular formula is C9H9ClN2. The quantitative estimate of drug-likeness (QED) is 0.588. The lowest BCUT2D eigenvalue weighted by atomic mass is 10.2. The summed E-state index contributed by atoms with van der Waals surface area (Å²) in [4.78, 5) is 4.36. The lowest BCUT2D eigenvalue weighted by Crippen LogP contribution is -2.21. The van der Waals surface area contributed by atoms with Crippen LogP contribution in [0.15, 0.2) is 17.1 Å². The van der Waals surface area contributed by atoms with Gasteiger partial charge in [-0.25, -0.2) is 0 Å². The fraction of sp³-hybridized carbons (Fsp3) is 0.222. The van der Waals surface area contributed by atoms with Crippen LogP contribution >= 0.6 is 11.6 Å². The highest BCUT2D eigenvalue weighted by Gasteiger charge is 2.04. The van der Waals surface area contributed by atoms with Gasteiger partial charge in [-0.1, -0.05) is 17.7 Å². The average Bonchev–Trinajstić information content (AvgIpc) is 2.30. The third-order valence-corrected chi connectivity index (χ3v) is 2.24. The number of hydrogen-bond donors (Lipinski definition) is 1. The Bertz CT molecular complexity index is 396. The predicted octanol–water partition coefficient (Wildman–Crippen LogP) is 0.724. The Balaban J connectivity index is 2.80. The summed E-state index contributed by atoms with van der Waals surface area (Å²) >= 11 is 5.84. The number of benzene rings is 1. The Kier molecular flexibility index (Phi) is 1.58. The minimum absolute atomic E-state index is 0.248. The zero-order valence-corrected chi connectivity index (χ0v) is 7.47. The van der Waals surface area contributed by atoms with Gasteiger partial charge < -0.3 is 5.73 Å². The van der Waals surface area contributed by atoms with E-state index in [1.165, 1.54) is 0 Å². The molecule has 12 heavy (non-hydrogen) atoms. The van der Waals surface area contributed by atoms with Crippen LogP contribution in [0.5, 0.6) is 0 Å². The lowest BCUT2D eigenvalue weighted by molar-refractivity contribution is 0.955. The van der Waals surface area contributed by atoms with Crippen molar-refractivity contribution < 1.29 is 0 Å². The van der Waals surface area contributed by atoms with Gasteiger partial charge in [-0.05, 0) is 24.3 Å². The molecule has 62 valence electrons. The lowest BCUT2D eigenvalue weighted by Gasteiger charge is -1.94. The SMILES string of the molecule is CC1C=c2cc(N)c(Cl)cc2=N1. The topological polar surface area (TPSA) is 38.4 Å². The second kappa shape index (κ2) is 2.49. The molecule has 0 aliphatic carbocycles. The van der Waals surface area contributed by atoms with E-state index >= 15 is 0 Å². The van der Waals surface area contributed by atoms with Gasteiger partial charge in [0.15, 0.2) is 0 Å². The van der Waals surface area contributed by atoms with Gasteiger partial charge in [0.1, 0.15) is 0 Å². The van der Waals surface area contributed by atoms with E-state index in [0.717, 1.165) is 10.6 Å². The van der Waals surface area contributed by atoms with Crippen LogP contribution in [0.1, 0.15) is 6.92 Å². The molecule has 1 aliphatic heterocycles. The zero-order valence-electron chi connectivity index (χ0n) is 6.71. The van der Waals surface area contributed by atoms with Crippen LogP contribution in [-0.2, 0) is 0 Å². The van der Waals surface area contributed by atoms with E-state index < -0.39 is 0 Å². The van der Waals surface area contributed by atoms with E-state index in [4.69, 9.17) is 17.3 Å². The van der Waals surface area contributed by atoms with Crippen LogP contribution in [0.3, 0.4) is 0 Å². The van der Waals surface area contributed by atoms with E-state index in [1.54, 1.807) is 0 Å². The molecule has 0 radical (unpaired) electrons. The van der Waals surface area contributed by atoms with Crippen molar-refractivity contribution in [2.75, 3.05) is 5.73 Å². The summed E-state index contributed by atoms with van der Waals surface area (Å²) in [5, 5.41) is 2.62. The summed E-state index contributed by atoms with van der Waals surface area (Å²) in [5.41, 5.74) is 6.27. The normalized spacial score (nSPS) is 19.7. The molecule has 0 bridgehead atoms. The Morgan fingerprint density at radius 2 is 2.25 bits per heavy atom. The second-order valence-corrected chi connectivity index (χ2v) is 3.38. The summed E-state index contributed by atoms with van der Waals surface area (Å²) < 4.78 is 0. The Morgan fingerprint density at radius 3 is 3.00 bits per heavy atom. The largest absolute Gasteiger partial charge is 0.398 e. The maximum absolute atomic E-state index is 5.84. The molecular weight excluding hydrogens is 172 g/mol. The third kappa shape index (κ3) is 1.08. The molecule has 0 saturated carbocycles. The molecule has 2 rings (SSSR count). The van der Waals surface area contributed by atoms with Crippen LogP contribution in [-0.4, -0.2) is 6.04 Å². The van der Waals surface area contributed by atoms with Crippen molar-refractivity contribution in [1.82, 2.24) is 0 Å². The minimum Gasteiger partial charge on any atom is -0.398 e. The molecule has 1 atom stereocenters. The molecule has 1 unspecified atom stereocenters. The van der Waals surface area contributed by atoms with Gasteiger partial charge in [0.2, 0.25) is 0 Å². The summed E-state index contributed by atoms with van der Waals surface area (Å²) in [5.74, 6) is 0. The van der Waals surface area contributed by atoms with E-state index in [0.29, 0.717) is 10.7 Å². The molecule has 0 fully saturated rings. The predicted molar refractivity (Wildman–Crippen MR) is 50.6 cm³/mol. The Hall–Kier alpha value is -1.02. The van der Waals surface area contributed by atoms with Gasteiger partial charge in [-0.3, -0.25) is 4.99 Å². The summed E-state index contributed by atoms with van der Waals surface area (Å²) in [6.45, 7) is 2.03. The fourth-order valence-electron chi connectivity index (χ4n) is 1.36. The first kappa shape index (κ1) is 7.62. The summed E-state index contributed by atoms with van der Waals surface area (Å²) in [6.07, 6.45) is 2.07. The minimum atomic E-state index is 0.248. The number of hydrogen-bond acceptors (Lipinski definition) is 2. The number of nitrogens with two attached hydrogens (primary N) is 1. The Morgan fingerprint density at radius 1 is 1.50 bits per heavy atom. The fourth-order valence-corrected chi connectivity index (χ4v) is 1.52. The zero-order chi connectivity index (χ0) is 8.72.